The summed E-state index contributed by atoms with van der Waals surface area (Å²) in [5.74, 6) is 0.332. The lowest BCUT2D eigenvalue weighted by Gasteiger charge is -2.40. The topological polar surface area (TPSA) is 44.8 Å². The zero-order chi connectivity index (χ0) is 14.8. The summed E-state index contributed by atoms with van der Waals surface area (Å²) in [4.78, 5) is 17.2. The van der Waals surface area contributed by atoms with Gasteiger partial charge in [0, 0.05) is 25.2 Å². The highest BCUT2D eigenvalue weighted by Crippen LogP contribution is 2.36. The number of carbonyl (C=O) groups is 1. The van der Waals surface area contributed by atoms with Gasteiger partial charge in [0.1, 0.15) is 0 Å². The van der Waals surface area contributed by atoms with Crippen LogP contribution in [-0.2, 0) is 9.53 Å². The van der Waals surface area contributed by atoms with E-state index >= 15 is 0 Å². The average Bonchev–Trinajstić information content (AvgIpc) is 2.78. The van der Waals surface area contributed by atoms with Crippen molar-refractivity contribution >= 4 is 5.91 Å². The fourth-order valence-corrected chi connectivity index (χ4v) is 4.40. The van der Waals surface area contributed by atoms with E-state index in [0.29, 0.717) is 36.7 Å². The van der Waals surface area contributed by atoms with E-state index in [4.69, 9.17) is 4.74 Å². The van der Waals surface area contributed by atoms with Crippen LogP contribution < -0.4 is 5.32 Å². The molecule has 1 unspecified atom stereocenters. The van der Waals surface area contributed by atoms with Crippen LogP contribution in [0.2, 0.25) is 0 Å². The molecular weight excluding hydrogens is 266 g/mol. The lowest BCUT2D eigenvalue weighted by molar-refractivity contribution is -0.139. The van der Waals surface area contributed by atoms with Crippen molar-refractivity contribution in [1.29, 1.82) is 0 Å². The van der Waals surface area contributed by atoms with Crippen LogP contribution in [-0.4, -0.2) is 73.7 Å². The van der Waals surface area contributed by atoms with Gasteiger partial charge in [0.05, 0.1) is 12.6 Å². The van der Waals surface area contributed by atoms with Gasteiger partial charge in [-0.15, -0.1) is 0 Å². The van der Waals surface area contributed by atoms with E-state index in [9.17, 15) is 4.79 Å². The molecule has 120 valence electrons. The van der Waals surface area contributed by atoms with Gasteiger partial charge in [0.2, 0.25) is 5.91 Å². The Balaban J connectivity index is 1.56. The monoisotopic (exact) mass is 295 g/mol. The summed E-state index contributed by atoms with van der Waals surface area (Å²) >= 11 is 0. The number of hydrogen-bond acceptors (Lipinski definition) is 4. The zero-order valence-electron chi connectivity index (χ0n) is 13.4. The summed E-state index contributed by atoms with van der Waals surface area (Å²) in [7, 11) is 3.91. The van der Waals surface area contributed by atoms with E-state index in [2.05, 4.69) is 22.2 Å². The molecule has 3 aliphatic heterocycles. The van der Waals surface area contributed by atoms with Crippen molar-refractivity contribution in [3.8, 4) is 0 Å². The standard InChI is InChI=1S/C16H29N3O2/c1-18(12-5-7-17-8-6-12)11-16(20)19-13-3-4-14(19)10-15(9-13)21-2/h12-15,17H,3-11H2,1-2H3/t13-,14+,15?. The smallest absolute Gasteiger partial charge is 0.237 e. The molecule has 2 bridgehead atoms. The molecule has 21 heavy (non-hydrogen) atoms. The minimum atomic E-state index is 0.332. The van der Waals surface area contributed by atoms with Crippen molar-refractivity contribution < 1.29 is 9.53 Å². The molecule has 0 aromatic heterocycles. The molecule has 0 aromatic rings. The van der Waals surface area contributed by atoms with E-state index in [1.165, 1.54) is 0 Å². The van der Waals surface area contributed by atoms with E-state index in [0.717, 1.165) is 51.6 Å². The van der Waals surface area contributed by atoms with Gasteiger partial charge in [-0.2, -0.15) is 0 Å². The van der Waals surface area contributed by atoms with Gasteiger partial charge < -0.3 is 15.0 Å². The molecule has 5 nitrogen and oxygen atoms in total. The predicted molar refractivity (Wildman–Crippen MR) is 82.2 cm³/mol. The number of rotatable bonds is 4. The number of likely N-dealkylation sites (N-methyl/N-ethyl adjacent to an activating group) is 1. The minimum absolute atomic E-state index is 0.332. The van der Waals surface area contributed by atoms with Crippen LogP contribution >= 0.6 is 0 Å². The van der Waals surface area contributed by atoms with Gasteiger partial charge in [0.25, 0.3) is 0 Å². The Morgan fingerprint density at radius 1 is 1.19 bits per heavy atom. The second kappa shape index (κ2) is 6.63. The maximum atomic E-state index is 12.7. The van der Waals surface area contributed by atoms with Crippen LogP contribution in [0.3, 0.4) is 0 Å². The first-order valence-electron chi connectivity index (χ1n) is 8.44. The molecule has 0 aromatic carbocycles. The molecule has 0 aliphatic carbocycles. The van der Waals surface area contributed by atoms with Crippen molar-refractivity contribution in [2.24, 2.45) is 0 Å². The number of nitrogens with one attached hydrogen (secondary N) is 1. The molecule has 1 N–H and O–H groups in total. The molecule has 0 saturated carbocycles. The first-order chi connectivity index (χ1) is 10.2. The molecule has 3 aliphatic rings. The van der Waals surface area contributed by atoms with Gasteiger partial charge in [-0.05, 0) is 58.7 Å². The summed E-state index contributed by atoms with van der Waals surface area (Å²) in [6.45, 7) is 2.73. The normalized spacial score (nSPS) is 33.7. The maximum absolute atomic E-state index is 12.7. The quantitative estimate of drug-likeness (QED) is 0.835. The van der Waals surface area contributed by atoms with Crippen molar-refractivity contribution in [3.63, 3.8) is 0 Å². The Morgan fingerprint density at radius 2 is 1.81 bits per heavy atom. The number of ether oxygens (including phenoxy) is 1. The van der Waals surface area contributed by atoms with Crippen LogP contribution in [0.25, 0.3) is 0 Å². The second-order valence-corrected chi connectivity index (χ2v) is 6.91. The van der Waals surface area contributed by atoms with Gasteiger partial charge >= 0.3 is 0 Å². The third-order valence-electron chi connectivity index (χ3n) is 5.63. The number of amides is 1. The number of nitrogens with zero attached hydrogens (tertiary/aromatic N) is 2. The summed E-state index contributed by atoms with van der Waals surface area (Å²) in [5.41, 5.74) is 0. The molecule has 0 radical (unpaired) electrons. The molecule has 3 saturated heterocycles. The molecule has 3 fully saturated rings. The molecular formula is C16H29N3O2. The van der Waals surface area contributed by atoms with Gasteiger partial charge in [-0.1, -0.05) is 0 Å². The van der Waals surface area contributed by atoms with Gasteiger partial charge in [-0.25, -0.2) is 0 Å². The van der Waals surface area contributed by atoms with Crippen LogP contribution in [0.4, 0.5) is 0 Å². The summed E-state index contributed by atoms with van der Waals surface area (Å²) in [5, 5.41) is 3.39. The van der Waals surface area contributed by atoms with Crippen molar-refractivity contribution in [3.05, 3.63) is 0 Å². The van der Waals surface area contributed by atoms with Gasteiger partial charge in [-0.3, -0.25) is 9.69 Å². The lowest BCUT2D eigenvalue weighted by atomic mass is 9.99. The van der Waals surface area contributed by atoms with Crippen LogP contribution in [0.1, 0.15) is 38.5 Å². The number of piperidine rings is 2. The molecule has 3 heterocycles. The van der Waals surface area contributed by atoms with Crippen molar-refractivity contribution in [2.45, 2.75) is 62.8 Å². The molecule has 0 spiro atoms. The predicted octanol–water partition coefficient (Wildman–Crippen LogP) is 0.839. The van der Waals surface area contributed by atoms with E-state index in [-0.39, 0.29) is 0 Å². The minimum Gasteiger partial charge on any atom is -0.381 e. The third-order valence-corrected chi connectivity index (χ3v) is 5.63. The SMILES string of the molecule is COC1C[C@H]2CC[C@@H](C1)N2C(=O)CN(C)C1CCNCC1. The average molecular weight is 295 g/mol. The highest BCUT2D eigenvalue weighted by molar-refractivity contribution is 5.79. The molecule has 1 amide bonds. The number of fused-ring (bicyclic) bond motifs is 2. The van der Waals surface area contributed by atoms with Crippen LogP contribution in [0, 0.1) is 0 Å². The van der Waals surface area contributed by atoms with E-state index in [1.54, 1.807) is 7.11 Å². The number of methoxy groups -OCH3 is 1. The fourth-order valence-electron chi connectivity index (χ4n) is 4.40. The summed E-state index contributed by atoms with van der Waals surface area (Å²) in [6, 6.07) is 1.40. The lowest BCUT2D eigenvalue weighted by Crippen LogP contribution is -2.52. The highest BCUT2D eigenvalue weighted by atomic mass is 16.5. The van der Waals surface area contributed by atoms with Gasteiger partial charge in [0.15, 0.2) is 0 Å². The number of hydrogen-bond donors (Lipinski definition) is 1. The Bertz CT molecular complexity index is 357. The zero-order valence-corrected chi connectivity index (χ0v) is 13.4. The highest BCUT2D eigenvalue weighted by Gasteiger charge is 2.43. The Morgan fingerprint density at radius 3 is 2.38 bits per heavy atom. The number of carbonyl (C=O) groups excluding carboxylic acids is 1. The third kappa shape index (κ3) is 3.25. The van der Waals surface area contributed by atoms with E-state index < -0.39 is 0 Å². The second-order valence-electron chi connectivity index (χ2n) is 6.91. The molecule has 5 heteroatoms. The Hall–Kier alpha value is -0.650. The molecule has 3 rings (SSSR count). The Labute approximate surface area is 128 Å². The first-order valence-corrected chi connectivity index (χ1v) is 8.44. The van der Waals surface area contributed by atoms with Crippen LogP contribution in [0.5, 0.6) is 0 Å². The molecule has 3 atom stereocenters. The first kappa shape index (κ1) is 15.3. The Kier molecular flexibility index (Phi) is 4.82. The summed E-state index contributed by atoms with van der Waals surface area (Å²) in [6.07, 6.45) is 7.03. The fraction of sp³-hybridized carbons (Fsp3) is 0.938. The maximum Gasteiger partial charge on any atom is 0.237 e. The van der Waals surface area contributed by atoms with Crippen LogP contribution in [0.15, 0.2) is 0 Å². The summed E-state index contributed by atoms with van der Waals surface area (Å²) < 4.78 is 5.52. The largest absolute Gasteiger partial charge is 0.381 e. The van der Waals surface area contributed by atoms with E-state index in [1.807, 2.05) is 0 Å². The van der Waals surface area contributed by atoms with Crippen molar-refractivity contribution in [2.75, 3.05) is 33.8 Å². The van der Waals surface area contributed by atoms with Crippen molar-refractivity contribution in [1.82, 2.24) is 15.1 Å².